The molecule has 0 spiro atoms. The van der Waals surface area contributed by atoms with Gasteiger partial charge in [0.2, 0.25) is 0 Å². The normalized spacial score (nSPS) is 20.1. The van der Waals surface area contributed by atoms with Gasteiger partial charge in [0.15, 0.2) is 0 Å². The molecule has 1 nitrogen and oxygen atoms in total. The third-order valence-corrected chi connectivity index (χ3v) is 4.66. The zero-order valence-electron chi connectivity index (χ0n) is 11.6. The minimum atomic E-state index is 0.442. The highest BCUT2D eigenvalue weighted by Gasteiger charge is 2.33. The van der Waals surface area contributed by atoms with Crippen molar-refractivity contribution in [2.45, 2.75) is 72.1 Å². The summed E-state index contributed by atoms with van der Waals surface area (Å²) in [6.07, 6.45) is 11.2. The van der Waals surface area contributed by atoms with E-state index in [1.807, 2.05) is 0 Å². The summed E-state index contributed by atoms with van der Waals surface area (Å²) >= 11 is 0. The molecule has 96 valence electrons. The number of hydrogen-bond donors (Lipinski definition) is 1. The van der Waals surface area contributed by atoms with Crippen molar-refractivity contribution in [3.05, 3.63) is 0 Å². The Morgan fingerprint density at radius 2 is 1.88 bits per heavy atom. The molecule has 0 aliphatic heterocycles. The van der Waals surface area contributed by atoms with Gasteiger partial charge in [0.25, 0.3) is 0 Å². The molecule has 1 atom stereocenters. The molecule has 16 heavy (non-hydrogen) atoms. The van der Waals surface area contributed by atoms with E-state index in [0.717, 1.165) is 18.4 Å². The zero-order chi connectivity index (χ0) is 12.0. The topological polar surface area (TPSA) is 26.0 Å². The second-order valence-corrected chi connectivity index (χ2v) is 6.16. The minimum absolute atomic E-state index is 0.442. The maximum Gasteiger partial charge on any atom is -0.00181 e. The maximum absolute atomic E-state index is 6.10. The van der Waals surface area contributed by atoms with Crippen LogP contribution in [0.2, 0.25) is 0 Å². The van der Waals surface area contributed by atoms with Crippen LogP contribution in [0, 0.1) is 17.3 Å². The summed E-state index contributed by atoms with van der Waals surface area (Å²) in [5, 5.41) is 0. The van der Waals surface area contributed by atoms with E-state index in [1.54, 1.807) is 0 Å². The standard InChI is InChI=1S/C15H31N/c1-4-5-6-10-15(12-16,13(2)3)11-9-14-7-8-14/h13-14H,4-12,16H2,1-3H3. The molecule has 1 rings (SSSR count). The molecule has 0 aromatic heterocycles. The second-order valence-electron chi connectivity index (χ2n) is 6.16. The summed E-state index contributed by atoms with van der Waals surface area (Å²) in [7, 11) is 0. The summed E-state index contributed by atoms with van der Waals surface area (Å²) in [4.78, 5) is 0. The smallest absolute Gasteiger partial charge is 0.00181 e. The predicted molar refractivity (Wildman–Crippen MR) is 72.4 cm³/mol. The van der Waals surface area contributed by atoms with Gasteiger partial charge >= 0.3 is 0 Å². The van der Waals surface area contributed by atoms with Crippen LogP contribution >= 0.6 is 0 Å². The van der Waals surface area contributed by atoms with Crippen LogP contribution in [0.4, 0.5) is 0 Å². The number of rotatable bonds is 9. The fourth-order valence-electron chi connectivity index (χ4n) is 2.77. The molecule has 2 N–H and O–H groups in total. The molecule has 1 saturated carbocycles. The van der Waals surface area contributed by atoms with E-state index >= 15 is 0 Å². The minimum Gasteiger partial charge on any atom is -0.330 e. The van der Waals surface area contributed by atoms with Gasteiger partial charge in [0, 0.05) is 0 Å². The van der Waals surface area contributed by atoms with Crippen LogP contribution in [0.5, 0.6) is 0 Å². The lowest BCUT2D eigenvalue weighted by Crippen LogP contribution is -2.36. The first-order valence-corrected chi connectivity index (χ1v) is 7.34. The summed E-state index contributed by atoms with van der Waals surface area (Å²) in [6.45, 7) is 7.90. The molecule has 1 unspecified atom stereocenters. The lowest BCUT2D eigenvalue weighted by atomic mass is 9.70. The molecule has 0 radical (unpaired) electrons. The maximum atomic E-state index is 6.10. The highest BCUT2D eigenvalue weighted by molar-refractivity contribution is 4.86. The molecule has 0 saturated heterocycles. The van der Waals surface area contributed by atoms with E-state index in [0.29, 0.717) is 5.41 Å². The van der Waals surface area contributed by atoms with Gasteiger partial charge in [0.1, 0.15) is 0 Å². The van der Waals surface area contributed by atoms with Crippen molar-refractivity contribution in [2.75, 3.05) is 6.54 Å². The number of hydrogen-bond acceptors (Lipinski definition) is 1. The third kappa shape index (κ3) is 4.08. The van der Waals surface area contributed by atoms with Crippen LogP contribution in [0.15, 0.2) is 0 Å². The van der Waals surface area contributed by atoms with Crippen molar-refractivity contribution in [3.8, 4) is 0 Å². The first kappa shape index (κ1) is 14.0. The first-order valence-electron chi connectivity index (χ1n) is 7.34. The fourth-order valence-corrected chi connectivity index (χ4v) is 2.77. The van der Waals surface area contributed by atoms with Gasteiger partial charge in [0.05, 0.1) is 0 Å². The monoisotopic (exact) mass is 225 g/mol. The molecule has 0 aromatic rings. The van der Waals surface area contributed by atoms with Gasteiger partial charge in [-0.3, -0.25) is 0 Å². The van der Waals surface area contributed by atoms with Crippen LogP contribution < -0.4 is 5.73 Å². The van der Waals surface area contributed by atoms with Crippen molar-refractivity contribution in [1.82, 2.24) is 0 Å². The Hall–Kier alpha value is -0.0400. The van der Waals surface area contributed by atoms with Crippen molar-refractivity contribution >= 4 is 0 Å². The van der Waals surface area contributed by atoms with Crippen molar-refractivity contribution in [2.24, 2.45) is 23.0 Å². The molecule has 0 amide bonds. The molecule has 1 aliphatic rings. The Kier molecular flexibility index (Phi) is 5.82. The van der Waals surface area contributed by atoms with Gasteiger partial charge in [-0.05, 0) is 43.1 Å². The van der Waals surface area contributed by atoms with Crippen molar-refractivity contribution in [3.63, 3.8) is 0 Å². The average Bonchev–Trinajstić information content (AvgIpc) is 3.07. The van der Waals surface area contributed by atoms with E-state index in [2.05, 4.69) is 20.8 Å². The van der Waals surface area contributed by atoms with Gasteiger partial charge in [-0.15, -0.1) is 0 Å². The molecule has 1 fully saturated rings. The number of unbranched alkanes of at least 4 members (excludes halogenated alkanes) is 2. The second kappa shape index (κ2) is 6.64. The first-order chi connectivity index (χ1) is 7.64. The highest BCUT2D eigenvalue weighted by Crippen LogP contribution is 2.42. The Morgan fingerprint density at radius 1 is 1.19 bits per heavy atom. The molecule has 0 heterocycles. The highest BCUT2D eigenvalue weighted by atomic mass is 14.6. The molecule has 1 heteroatoms. The summed E-state index contributed by atoms with van der Waals surface area (Å²) < 4.78 is 0. The van der Waals surface area contributed by atoms with Crippen molar-refractivity contribution in [1.29, 1.82) is 0 Å². The van der Waals surface area contributed by atoms with Gasteiger partial charge < -0.3 is 5.73 Å². The van der Waals surface area contributed by atoms with Crippen LogP contribution in [0.1, 0.15) is 72.1 Å². The van der Waals surface area contributed by atoms with Gasteiger partial charge in [-0.1, -0.05) is 52.9 Å². The Labute approximate surface area is 102 Å². The zero-order valence-corrected chi connectivity index (χ0v) is 11.6. The molecule has 0 bridgehead atoms. The van der Waals surface area contributed by atoms with E-state index in [4.69, 9.17) is 5.73 Å². The van der Waals surface area contributed by atoms with Crippen LogP contribution in [-0.2, 0) is 0 Å². The Balaban J connectivity index is 2.42. The van der Waals surface area contributed by atoms with Gasteiger partial charge in [-0.2, -0.15) is 0 Å². The Bertz CT molecular complexity index is 184. The van der Waals surface area contributed by atoms with Crippen LogP contribution in [0.25, 0.3) is 0 Å². The van der Waals surface area contributed by atoms with E-state index < -0.39 is 0 Å². The predicted octanol–water partition coefficient (Wildman–Crippen LogP) is 4.36. The van der Waals surface area contributed by atoms with Gasteiger partial charge in [-0.25, -0.2) is 0 Å². The van der Waals surface area contributed by atoms with E-state index in [-0.39, 0.29) is 0 Å². The van der Waals surface area contributed by atoms with E-state index in [1.165, 1.54) is 51.4 Å². The lowest BCUT2D eigenvalue weighted by Gasteiger charge is -2.37. The van der Waals surface area contributed by atoms with E-state index in [9.17, 15) is 0 Å². The molecular formula is C15H31N. The fraction of sp³-hybridized carbons (Fsp3) is 1.00. The quantitative estimate of drug-likeness (QED) is 0.580. The Morgan fingerprint density at radius 3 is 2.31 bits per heavy atom. The average molecular weight is 225 g/mol. The molecule has 0 aromatic carbocycles. The lowest BCUT2D eigenvalue weighted by molar-refractivity contribution is 0.151. The van der Waals surface area contributed by atoms with Crippen LogP contribution in [0.3, 0.4) is 0 Å². The molecular weight excluding hydrogens is 194 g/mol. The van der Waals surface area contributed by atoms with Crippen LogP contribution in [-0.4, -0.2) is 6.54 Å². The number of nitrogens with two attached hydrogens (primary N) is 1. The molecule has 1 aliphatic carbocycles. The largest absolute Gasteiger partial charge is 0.330 e. The SMILES string of the molecule is CCCCCC(CN)(CCC1CC1)C(C)C. The summed E-state index contributed by atoms with van der Waals surface area (Å²) in [5.74, 6) is 1.80. The van der Waals surface area contributed by atoms with Crippen molar-refractivity contribution < 1.29 is 0 Å². The summed E-state index contributed by atoms with van der Waals surface area (Å²) in [5.41, 5.74) is 6.54. The summed E-state index contributed by atoms with van der Waals surface area (Å²) in [6, 6.07) is 0. The third-order valence-electron chi connectivity index (χ3n) is 4.66.